The van der Waals surface area contributed by atoms with E-state index in [1.807, 2.05) is 0 Å². The highest BCUT2D eigenvalue weighted by molar-refractivity contribution is 6.34. The van der Waals surface area contributed by atoms with Gasteiger partial charge in [-0.3, -0.25) is 14.9 Å². The number of halogens is 1. The number of nitro groups is 1. The lowest BCUT2D eigenvalue weighted by Crippen LogP contribution is -2.23. The van der Waals surface area contributed by atoms with Gasteiger partial charge < -0.3 is 9.73 Å². The molecule has 0 aliphatic carbocycles. The van der Waals surface area contributed by atoms with E-state index in [2.05, 4.69) is 10.3 Å². The number of oxazole rings is 1. The molecule has 0 radical (unpaired) electrons. The number of aryl methyl sites for hydroxylation is 2. The first-order valence-corrected chi connectivity index (χ1v) is 6.41. The summed E-state index contributed by atoms with van der Waals surface area (Å²) in [6, 6.07) is 3.66. The molecule has 2 rings (SSSR count). The fourth-order valence-electron chi connectivity index (χ4n) is 1.67. The van der Waals surface area contributed by atoms with Gasteiger partial charge in [-0.2, -0.15) is 0 Å². The number of aromatic nitrogens is 1. The summed E-state index contributed by atoms with van der Waals surface area (Å²) in [5.74, 6) is 0.618. The maximum Gasteiger partial charge on any atom is 0.270 e. The minimum absolute atomic E-state index is 0.0152. The van der Waals surface area contributed by atoms with Crippen LogP contribution >= 0.6 is 11.6 Å². The number of hydrogen-bond donors (Lipinski definition) is 1. The Morgan fingerprint density at radius 2 is 2.19 bits per heavy atom. The summed E-state index contributed by atoms with van der Waals surface area (Å²) in [5.41, 5.74) is 0.741. The van der Waals surface area contributed by atoms with Gasteiger partial charge in [-0.1, -0.05) is 11.6 Å². The molecule has 2 aromatic rings. The third-order valence-electron chi connectivity index (χ3n) is 2.88. The summed E-state index contributed by atoms with van der Waals surface area (Å²) in [7, 11) is 0. The molecule has 7 nitrogen and oxygen atoms in total. The third-order valence-corrected chi connectivity index (χ3v) is 3.19. The molecular formula is C13H12ClN3O4. The van der Waals surface area contributed by atoms with Gasteiger partial charge in [0.15, 0.2) is 0 Å². The van der Waals surface area contributed by atoms with E-state index in [1.54, 1.807) is 13.8 Å². The standard InChI is InChI=1S/C13H12ClN3O4/c1-7-8(2)21-12(16-7)6-15-13(18)10-4-3-9(17(19)20)5-11(10)14/h3-5H,6H2,1-2H3,(H,15,18). The van der Waals surface area contributed by atoms with Crippen molar-refractivity contribution in [2.24, 2.45) is 0 Å². The quantitative estimate of drug-likeness (QED) is 0.691. The SMILES string of the molecule is Cc1nc(CNC(=O)c2ccc([N+](=O)[O-])cc2Cl)oc1C. The summed E-state index contributed by atoms with van der Waals surface area (Å²) >= 11 is 5.88. The molecule has 0 fully saturated rings. The van der Waals surface area contributed by atoms with Crippen LogP contribution in [0.5, 0.6) is 0 Å². The zero-order valence-corrected chi connectivity index (χ0v) is 12.1. The van der Waals surface area contributed by atoms with Gasteiger partial charge in [-0.25, -0.2) is 4.98 Å². The monoisotopic (exact) mass is 309 g/mol. The lowest BCUT2D eigenvalue weighted by molar-refractivity contribution is -0.384. The van der Waals surface area contributed by atoms with Gasteiger partial charge >= 0.3 is 0 Å². The minimum Gasteiger partial charge on any atom is -0.444 e. The Balaban J connectivity index is 2.08. The number of hydrogen-bond acceptors (Lipinski definition) is 5. The maximum atomic E-state index is 12.0. The van der Waals surface area contributed by atoms with Crippen LogP contribution in [0.3, 0.4) is 0 Å². The fraction of sp³-hybridized carbons (Fsp3) is 0.231. The molecule has 0 bridgehead atoms. The molecule has 0 unspecified atom stereocenters. The molecule has 0 saturated heterocycles. The average Bonchev–Trinajstić information content (AvgIpc) is 2.75. The number of carbonyl (C=O) groups is 1. The van der Waals surface area contributed by atoms with Crippen LogP contribution in [0.4, 0.5) is 5.69 Å². The summed E-state index contributed by atoms with van der Waals surface area (Å²) < 4.78 is 5.33. The van der Waals surface area contributed by atoms with Gasteiger partial charge in [0, 0.05) is 12.1 Å². The fourth-order valence-corrected chi connectivity index (χ4v) is 1.93. The molecule has 1 amide bonds. The minimum atomic E-state index is -0.577. The first-order chi connectivity index (χ1) is 9.88. The zero-order valence-electron chi connectivity index (χ0n) is 11.3. The summed E-state index contributed by atoms with van der Waals surface area (Å²) in [4.78, 5) is 26.1. The summed E-state index contributed by atoms with van der Waals surface area (Å²) in [6.45, 7) is 3.69. The Hall–Kier alpha value is -2.41. The van der Waals surface area contributed by atoms with Gasteiger partial charge in [-0.15, -0.1) is 0 Å². The molecule has 0 aliphatic heterocycles. The van der Waals surface area contributed by atoms with E-state index in [0.29, 0.717) is 11.7 Å². The molecule has 1 aromatic heterocycles. The Morgan fingerprint density at radius 1 is 1.48 bits per heavy atom. The van der Waals surface area contributed by atoms with Crippen molar-refractivity contribution >= 4 is 23.2 Å². The molecule has 0 atom stereocenters. The second-order valence-electron chi connectivity index (χ2n) is 4.35. The number of nitrogens with zero attached hydrogens (tertiary/aromatic N) is 2. The van der Waals surface area contributed by atoms with E-state index in [4.69, 9.17) is 16.0 Å². The highest BCUT2D eigenvalue weighted by Crippen LogP contribution is 2.22. The molecular weight excluding hydrogens is 298 g/mol. The van der Waals surface area contributed by atoms with Crippen LogP contribution in [0.25, 0.3) is 0 Å². The van der Waals surface area contributed by atoms with Crippen molar-refractivity contribution in [2.45, 2.75) is 20.4 Å². The first-order valence-electron chi connectivity index (χ1n) is 6.03. The normalized spacial score (nSPS) is 10.4. The number of benzene rings is 1. The zero-order chi connectivity index (χ0) is 15.6. The predicted octanol–water partition coefficient (Wildman–Crippen LogP) is 2.78. The van der Waals surface area contributed by atoms with E-state index >= 15 is 0 Å². The summed E-state index contributed by atoms with van der Waals surface area (Å²) in [6.07, 6.45) is 0. The second-order valence-corrected chi connectivity index (χ2v) is 4.76. The van der Waals surface area contributed by atoms with Crippen molar-refractivity contribution in [3.63, 3.8) is 0 Å². The summed E-state index contributed by atoms with van der Waals surface area (Å²) in [5, 5.41) is 13.2. The van der Waals surface area contributed by atoms with Crippen molar-refractivity contribution in [1.29, 1.82) is 0 Å². The highest BCUT2D eigenvalue weighted by atomic mass is 35.5. The largest absolute Gasteiger partial charge is 0.444 e. The molecule has 21 heavy (non-hydrogen) atoms. The molecule has 0 saturated carbocycles. The molecule has 1 heterocycles. The second kappa shape index (κ2) is 5.92. The van der Waals surface area contributed by atoms with Crippen LogP contribution in [-0.2, 0) is 6.54 Å². The van der Waals surface area contributed by atoms with Crippen molar-refractivity contribution in [1.82, 2.24) is 10.3 Å². The first kappa shape index (κ1) is 15.0. The Kier molecular flexibility index (Phi) is 4.23. The molecule has 1 aromatic carbocycles. The number of nitrogens with one attached hydrogen (secondary N) is 1. The van der Waals surface area contributed by atoms with Crippen LogP contribution in [0.1, 0.15) is 27.7 Å². The lowest BCUT2D eigenvalue weighted by Gasteiger charge is -2.04. The van der Waals surface area contributed by atoms with E-state index in [9.17, 15) is 14.9 Å². The number of amides is 1. The van der Waals surface area contributed by atoms with Crippen LogP contribution in [0.2, 0.25) is 5.02 Å². The lowest BCUT2D eigenvalue weighted by atomic mass is 10.2. The smallest absolute Gasteiger partial charge is 0.270 e. The van der Waals surface area contributed by atoms with Crippen molar-refractivity contribution in [2.75, 3.05) is 0 Å². The van der Waals surface area contributed by atoms with Gasteiger partial charge in [0.2, 0.25) is 5.89 Å². The number of nitro benzene ring substituents is 1. The van der Waals surface area contributed by atoms with Gasteiger partial charge in [0.1, 0.15) is 5.76 Å². The Labute approximate surface area is 125 Å². The Bertz CT molecular complexity index is 692. The molecule has 110 valence electrons. The number of non-ortho nitro benzene ring substituents is 1. The van der Waals surface area contributed by atoms with Crippen molar-refractivity contribution in [3.8, 4) is 0 Å². The number of rotatable bonds is 4. The van der Waals surface area contributed by atoms with Gasteiger partial charge in [0.05, 0.1) is 27.7 Å². The molecule has 1 N–H and O–H groups in total. The molecule has 8 heteroatoms. The van der Waals surface area contributed by atoms with E-state index < -0.39 is 10.8 Å². The number of carbonyl (C=O) groups excluding carboxylic acids is 1. The van der Waals surface area contributed by atoms with Crippen LogP contribution in [-0.4, -0.2) is 15.8 Å². The average molecular weight is 310 g/mol. The van der Waals surface area contributed by atoms with Crippen LogP contribution in [0, 0.1) is 24.0 Å². The Morgan fingerprint density at radius 3 is 2.71 bits per heavy atom. The highest BCUT2D eigenvalue weighted by Gasteiger charge is 2.15. The molecule has 0 aliphatic rings. The topological polar surface area (TPSA) is 98.3 Å². The van der Waals surface area contributed by atoms with Crippen molar-refractivity contribution in [3.05, 3.63) is 56.2 Å². The van der Waals surface area contributed by atoms with Gasteiger partial charge in [-0.05, 0) is 19.9 Å². The van der Waals surface area contributed by atoms with Crippen molar-refractivity contribution < 1.29 is 14.1 Å². The van der Waals surface area contributed by atoms with Crippen LogP contribution in [0.15, 0.2) is 22.6 Å². The van der Waals surface area contributed by atoms with E-state index in [1.165, 1.54) is 12.1 Å². The maximum absolute atomic E-state index is 12.0. The third kappa shape index (κ3) is 3.38. The van der Waals surface area contributed by atoms with Crippen LogP contribution < -0.4 is 5.32 Å². The van der Waals surface area contributed by atoms with E-state index in [-0.39, 0.29) is 22.8 Å². The molecule has 0 spiro atoms. The predicted molar refractivity (Wildman–Crippen MR) is 75.3 cm³/mol. The van der Waals surface area contributed by atoms with E-state index in [0.717, 1.165) is 11.8 Å². The van der Waals surface area contributed by atoms with Gasteiger partial charge in [0.25, 0.3) is 11.6 Å².